The van der Waals surface area contributed by atoms with Crippen molar-refractivity contribution in [3.8, 4) is 17.6 Å². The molecular weight excluding hydrogens is 282 g/mol. The molecule has 2 rings (SSSR count). The number of para-hydroxylation sites is 1. The first-order chi connectivity index (χ1) is 9.72. The minimum absolute atomic E-state index is 0.104. The molecule has 0 unspecified atom stereocenters. The Morgan fingerprint density at radius 2 is 1.70 bits per heavy atom. The molecule has 0 aliphatic carbocycles. The van der Waals surface area contributed by atoms with Crippen LogP contribution in [0.2, 0.25) is 0 Å². The topological polar surface area (TPSA) is 9.23 Å². The highest BCUT2D eigenvalue weighted by Crippen LogP contribution is 2.20. The molecule has 4 heteroatoms. The fourth-order valence-corrected chi connectivity index (χ4v) is 1.71. The van der Waals surface area contributed by atoms with Gasteiger partial charge in [-0.1, -0.05) is 30.0 Å². The van der Waals surface area contributed by atoms with Gasteiger partial charge in [0.25, 0.3) is 0 Å². The van der Waals surface area contributed by atoms with E-state index < -0.39 is 11.6 Å². The molecule has 0 aliphatic heterocycles. The first kappa shape index (κ1) is 14.4. The molecule has 0 N–H and O–H groups in total. The van der Waals surface area contributed by atoms with Crippen molar-refractivity contribution in [2.75, 3.05) is 5.88 Å². The Morgan fingerprint density at radius 3 is 2.40 bits per heavy atom. The average molecular weight is 293 g/mol. The third-order valence-corrected chi connectivity index (χ3v) is 2.74. The predicted octanol–water partition coefficient (Wildman–Crippen LogP) is 4.13. The lowest BCUT2D eigenvalue weighted by molar-refractivity contribution is 0.292. The van der Waals surface area contributed by atoms with E-state index in [1.165, 1.54) is 18.2 Å². The Balaban J connectivity index is 2.19. The molecule has 0 fully saturated rings. The summed E-state index contributed by atoms with van der Waals surface area (Å²) in [4.78, 5) is 0. The number of benzene rings is 2. The van der Waals surface area contributed by atoms with Gasteiger partial charge in [-0.25, -0.2) is 8.78 Å². The summed E-state index contributed by atoms with van der Waals surface area (Å²) in [6.45, 7) is -0.196. The Labute approximate surface area is 121 Å². The smallest absolute Gasteiger partial charge is 0.135 e. The van der Waals surface area contributed by atoms with Gasteiger partial charge in [-0.3, -0.25) is 0 Å². The van der Waals surface area contributed by atoms with Crippen molar-refractivity contribution in [1.29, 1.82) is 0 Å². The highest BCUT2D eigenvalue weighted by Gasteiger charge is 2.09. The molecular formula is C16H11ClF2O. The molecule has 0 saturated heterocycles. The molecule has 0 aromatic heterocycles. The lowest BCUT2D eigenvalue weighted by atomic mass is 10.2. The second kappa shape index (κ2) is 6.93. The molecule has 1 nitrogen and oxygen atoms in total. The van der Waals surface area contributed by atoms with Crippen LogP contribution in [-0.4, -0.2) is 5.88 Å². The van der Waals surface area contributed by atoms with Crippen molar-refractivity contribution in [3.63, 3.8) is 0 Å². The van der Waals surface area contributed by atoms with Crippen molar-refractivity contribution in [1.82, 2.24) is 0 Å². The third kappa shape index (κ3) is 3.49. The van der Waals surface area contributed by atoms with Crippen LogP contribution >= 0.6 is 11.6 Å². The monoisotopic (exact) mass is 292 g/mol. The third-order valence-electron chi connectivity index (χ3n) is 2.61. The van der Waals surface area contributed by atoms with Crippen LogP contribution in [0.25, 0.3) is 0 Å². The molecule has 0 amide bonds. The maximum absolute atomic E-state index is 13.5. The molecule has 0 heterocycles. The van der Waals surface area contributed by atoms with E-state index in [-0.39, 0.29) is 18.1 Å². The minimum Gasteiger partial charge on any atom is -0.487 e. The Bertz CT molecular complexity index is 639. The van der Waals surface area contributed by atoms with Crippen LogP contribution in [0, 0.1) is 23.5 Å². The van der Waals surface area contributed by atoms with Gasteiger partial charge in [-0.15, -0.1) is 11.6 Å². The van der Waals surface area contributed by atoms with E-state index in [1.807, 2.05) is 0 Å². The lowest BCUT2D eigenvalue weighted by Gasteiger charge is -2.09. The van der Waals surface area contributed by atoms with Gasteiger partial charge in [-0.05, 0) is 24.3 Å². The summed E-state index contributed by atoms with van der Waals surface area (Å²) >= 11 is 5.50. The predicted molar refractivity (Wildman–Crippen MR) is 74.7 cm³/mol. The molecule has 20 heavy (non-hydrogen) atoms. The molecule has 0 bridgehead atoms. The van der Waals surface area contributed by atoms with Crippen molar-refractivity contribution in [3.05, 3.63) is 65.2 Å². The van der Waals surface area contributed by atoms with Crippen LogP contribution in [0.5, 0.6) is 5.75 Å². The normalized spacial score (nSPS) is 9.75. The van der Waals surface area contributed by atoms with E-state index in [1.54, 1.807) is 24.3 Å². The van der Waals surface area contributed by atoms with Crippen LogP contribution < -0.4 is 4.74 Å². The molecule has 102 valence electrons. The minimum atomic E-state index is -0.630. The summed E-state index contributed by atoms with van der Waals surface area (Å²) in [7, 11) is 0. The molecule has 0 aliphatic rings. The SMILES string of the molecule is Fc1cccc(F)c1COc1ccccc1C#CCCl. The van der Waals surface area contributed by atoms with Crippen LogP contribution in [0.4, 0.5) is 8.78 Å². The second-order valence-electron chi connectivity index (χ2n) is 3.92. The Kier molecular flexibility index (Phi) is 4.97. The quantitative estimate of drug-likeness (QED) is 0.610. The van der Waals surface area contributed by atoms with E-state index in [4.69, 9.17) is 16.3 Å². The van der Waals surface area contributed by atoms with Crippen LogP contribution in [0.3, 0.4) is 0 Å². The first-order valence-corrected chi connectivity index (χ1v) is 6.45. The summed E-state index contributed by atoms with van der Waals surface area (Å²) in [6, 6.07) is 10.7. The number of ether oxygens (including phenoxy) is 1. The van der Waals surface area contributed by atoms with Gasteiger partial charge in [-0.2, -0.15) is 0 Å². The van der Waals surface area contributed by atoms with Crippen molar-refractivity contribution < 1.29 is 13.5 Å². The number of rotatable bonds is 3. The fraction of sp³-hybridized carbons (Fsp3) is 0.125. The highest BCUT2D eigenvalue weighted by atomic mass is 35.5. The van der Waals surface area contributed by atoms with E-state index in [9.17, 15) is 8.78 Å². The summed E-state index contributed by atoms with van der Waals surface area (Å²) in [6.07, 6.45) is 0. The highest BCUT2D eigenvalue weighted by molar-refractivity contribution is 6.19. The van der Waals surface area contributed by atoms with Gasteiger partial charge in [0.05, 0.1) is 17.0 Å². The van der Waals surface area contributed by atoms with E-state index in [2.05, 4.69) is 11.8 Å². The van der Waals surface area contributed by atoms with Crippen molar-refractivity contribution in [2.45, 2.75) is 6.61 Å². The Hall–Kier alpha value is -2.05. The lowest BCUT2D eigenvalue weighted by Crippen LogP contribution is -2.02. The van der Waals surface area contributed by atoms with Gasteiger partial charge < -0.3 is 4.74 Å². The second-order valence-corrected chi connectivity index (χ2v) is 4.19. The van der Waals surface area contributed by atoms with Gasteiger partial charge >= 0.3 is 0 Å². The molecule has 2 aromatic rings. The van der Waals surface area contributed by atoms with Crippen LogP contribution in [-0.2, 0) is 6.61 Å². The number of alkyl halides is 1. The van der Waals surface area contributed by atoms with E-state index in [0.29, 0.717) is 11.3 Å². The molecule has 2 aromatic carbocycles. The maximum Gasteiger partial charge on any atom is 0.135 e. The maximum atomic E-state index is 13.5. The zero-order valence-electron chi connectivity index (χ0n) is 10.5. The number of hydrogen-bond acceptors (Lipinski definition) is 1. The van der Waals surface area contributed by atoms with Gasteiger partial charge in [0, 0.05) is 0 Å². The van der Waals surface area contributed by atoms with Crippen LogP contribution in [0.15, 0.2) is 42.5 Å². The molecule has 0 saturated carbocycles. The van der Waals surface area contributed by atoms with E-state index in [0.717, 1.165) is 0 Å². The van der Waals surface area contributed by atoms with Crippen molar-refractivity contribution >= 4 is 11.6 Å². The van der Waals surface area contributed by atoms with Gasteiger partial charge in [0.1, 0.15) is 24.0 Å². The zero-order chi connectivity index (χ0) is 14.4. The summed E-state index contributed by atoms with van der Waals surface area (Å²) in [5.74, 6) is 4.96. The summed E-state index contributed by atoms with van der Waals surface area (Å²) in [5, 5.41) is 0. The zero-order valence-corrected chi connectivity index (χ0v) is 11.3. The number of hydrogen-bond donors (Lipinski definition) is 0. The Morgan fingerprint density at radius 1 is 1.00 bits per heavy atom. The molecule has 0 radical (unpaired) electrons. The van der Waals surface area contributed by atoms with Gasteiger partial charge in [0.15, 0.2) is 0 Å². The van der Waals surface area contributed by atoms with Gasteiger partial charge in [0.2, 0.25) is 0 Å². The summed E-state index contributed by atoms with van der Waals surface area (Å²) in [5.41, 5.74) is 0.525. The fourth-order valence-electron chi connectivity index (χ4n) is 1.64. The van der Waals surface area contributed by atoms with Crippen molar-refractivity contribution in [2.24, 2.45) is 0 Å². The molecule has 0 atom stereocenters. The van der Waals surface area contributed by atoms with Crippen LogP contribution in [0.1, 0.15) is 11.1 Å². The van der Waals surface area contributed by atoms with E-state index >= 15 is 0 Å². The first-order valence-electron chi connectivity index (χ1n) is 5.92. The standard InChI is InChI=1S/C16H11ClF2O/c17-10-4-6-12-5-1-2-9-16(12)20-11-13-14(18)7-3-8-15(13)19/h1-3,5,7-9H,10-11H2. The number of halogens is 3. The summed E-state index contributed by atoms with van der Waals surface area (Å²) < 4.78 is 32.4. The average Bonchev–Trinajstić information content (AvgIpc) is 2.45. The molecule has 0 spiro atoms. The largest absolute Gasteiger partial charge is 0.487 e.